The normalized spacial score (nSPS) is 21.4. The van der Waals surface area contributed by atoms with Crippen molar-refractivity contribution in [3.63, 3.8) is 0 Å². The quantitative estimate of drug-likeness (QED) is 0.694. The lowest BCUT2D eigenvalue weighted by Gasteiger charge is -2.32. The van der Waals surface area contributed by atoms with E-state index in [1.54, 1.807) is 0 Å². The fourth-order valence-corrected chi connectivity index (χ4v) is 1.63. The van der Waals surface area contributed by atoms with Crippen molar-refractivity contribution in [1.82, 2.24) is 15.5 Å². The molecule has 1 rings (SSSR count). The first kappa shape index (κ1) is 15.1. The molecule has 0 radical (unpaired) electrons. The lowest BCUT2D eigenvalue weighted by atomic mass is 10.1. The number of nitrogens with zero attached hydrogens (tertiary/aromatic N) is 1. The Balaban J connectivity index is 2.77. The van der Waals surface area contributed by atoms with Crippen LogP contribution < -0.4 is 10.6 Å². The molecule has 1 aliphatic rings. The Labute approximate surface area is 111 Å². The maximum absolute atomic E-state index is 11.9. The molecule has 0 aromatic carbocycles. The highest BCUT2D eigenvalue weighted by molar-refractivity contribution is 6.17. The standard InChI is InChI=1S/C12H19N3O4/c1-6(2)5-13-10(17)8(4)15-11(18)7(3)9(16)14-12(15)19/h6-8H,5H2,1-4H3,(H,13,17)(H,14,16,19). The Hall–Kier alpha value is -1.92. The van der Waals surface area contributed by atoms with Crippen LogP contribution in [0.5, 0.6) is 0 Å². The summed E-state index contributed by atoms with van der Waals surface area (Å²) in [5, 5.41) is 4.71. The summed E-state index contributed by atoms with van der Waals surface area (Å²) in [6, 6.07) is -1.79. The molecule has 0 saturated carbocycles. The van der Waals surface area contributed by atoms with Gasteiger partial charge >= 0.3 is 6.03 Å². The minimum atomic E-state index is -0.960. The zero-order valence-electron chi connectivity index (χ0n) is 11.5. The van der Waals surface area contributed by atoms with Gasteiger partial charge in [0.05, 0.1) is 0 Å². The molecule has 7 nitrogen and oxygen atoms in total. The summed E-state index contributed by atoms with van der Waals surface area (Å²) in [7, 11) is 0. The summed E-state index contributed by atoms with van der Waals surface area (Å²) in [6.07, 6.45) is 0. The molecule has 5 amide bonds. The highest BCUT2D eigenvalue weighted by Gasteiger charge is 2.41. The van der Waals surface area contributed by atoms with Gasteiger partial charge in [-0.25, -0.2) is 4.79 Å². The highest BCUT2D eigenvalue weighted by Crippen LogP contribution is 2.13. The van der Waals surface area contributed by atoms with Crippen molar-refractivity contribution >= 4 is 23.8 Å². The average Bonchev–Trinajstić information content (AvgIpc) is 2.32. The molecule has 2 N–H and O–H groups in total. The monoisotopic (exact) mass is 269 g/mol. The predicted octanol–water partition coefficient (Wildman–Crippen LogP) is -0.138. The Bertz CT molecular complexity index is 419. The maximum Gasteiger partial charge on any atom is 0.331 e. The first-order valence-electron chi connectivity index (χ1n) is 6.21. The molecule has 7 heteroatoms. The molecule has 19 heavy (non-hydrogen) atoms. The summed E-state index contributed by atoms with van der Waals surface area (Å²) in [4.78, 5) is 47.5. The van der Waals surface area contributed by atoms with Gasteiger partial charge in [-0.15, -0.1) is 0 Å². The fourth-order valence-electron chi connectivity index (χ4n) is 1.63. The number of urea groups is 1. The minimum Gasteiger partial charge on any atom is -0.354 e. The number of rotatable bonds is 4. The third-order valence-electron chi connectivity index (χ3n) is 2.90. The summed E-state index contributed by atoms with van der Waals surface area (Å²) >= 11 is 0. The van der Waals surface area contributed by atoms with Crippen LogP contribution in [-0.2, 0) is 14.4 Å². The van der Waals surface area contributed by atoms with Gasteiger partial charge in [-0.3, -0.25) is 24.6 Å². The number of nitrogens with one attached hydrogen (secondary N) is 2. The van der Waals surface area contributed by atoms with Gasteiger partial charge in [0.1, 0.15) is 12.0 Å². The lowest BCUT2D eigenvalue weighted by Crippen LogP contribution is -2.62. The van der Waals surface area contributed by atoms with Crippen LogP contribution in [0.4, 0.5) is 4.79 Å². The molecule has 1 fully saturated rings. The molecule has 106 valence electrons. The van der Waals surface area contributed by atoms with Gasteiger partial charge in [-0.05, 0) is 19.8 Å². The first-order chi connectivity index (χ1) is 8.75. The molecule has 0 spiro atoms. The summed E-state index contributed by atoms with van der Waals surface area (Å²) in [6.45, 7) is 7.18. The van der Waals surface area contributed by atoms with E-state index >= 15 is 0 Å². The molecule has 1 aliphatic heterocycles. The number of hydrogen-bond donors (Lipinski definition) is 2. The van der Waals surface area contributed by atoms with Crippen LogP contribution in [0.2, 0.25) is 0 Å². The van der Waals surface area contributed by atoms with E-state index in [4.69, 9.17) is 0 Å². The van der Waals surface area contributed by atoms with Gasteiger partial charge in [0.15, 0.2) is 0 Å². The second-order valence-corrected chi connectivity index (χ2v) is 5.04. The third kappa shape index (κ3) is 3.30. The topological polar surface area (TPSA) is 95.6 Å². The van der Waals surface area contributed by atoms with Crippen LogP contribution in [0, 0.1) is 11.8 Å². The smallest absolute Gasteiger partial charge is 0.331 e. The average molecular weight is 269 g/mol. The van der Waals surface area contributed by atoms with Crippen molar-refractivity contribution in [1.29, 1.82) is 0 Å². The van der Waals surface area contributed by atoms with E-state index < -0.39 is 35.7 Å². The second-order valence-electron chi connectivity index (χ2n) is 5.04. The van der Waals surface area contributed by atoms with Gasteiger partial charge in [0.25, 0.3) is 0 Å². The van der Waals surface area contributed by atoms with E-state index in [2.05, 4.69) is 10.6 Å². The fraction of sp³-hybridized carbons (Fsp3) is 0.667. The van der Waals surface area contributed by atoms with Gasteiger partial charge in [0.2, 0.25) is 17.7 Å². The van der Waals surface area contributed by atoms with Gasteiger partial charge in [-0.2, -0.15) is 0 Å². The predicted molar refractivity (Wildman–Crippen MR) is 66.9 cm³/mol. The van der Waals surface area contributed by atoms with Crippen molar-refractivity contribution < 1.29 is 19.2 Å². The molecule has 1 saturated heterocycles. The van der Waals surface area contributed by atoms with Crippen LogP contribution in [0.15, 0.2) is 0 Å². The van der Waals surface area contributed by atoms with Crippen molar-refractivity contribution in [2.45, 2.75) is 33.7 Å². The van der Waals surface area contributed by atoms with Crippen LogP contribution in [0.25, 0.3) is 0 Å². The number of imide groups is 2. The van der Waals surface area contributed by atoms with Crippen molar-refractivity contribution in [2.24, 2.45) is 11.8 Å². The minimum absolute atomic E-state index is 0.266. The van der Waals surface area contributed by atoms with Crippen LogP contribution in [-0.4, -0.2) is 41.2 Å². The second kappa shape index (κ2) is 5.81. The number of amides is 5. The van der Waals surface area contributed by atoms with E-state index in [0.29, 0.717) is 6.54 Å². The van der Waals surface area contributed by atoms with Crippen LogP contribution >= 0.6 is 0 Å². The molecule has 0 aliphatic carbocycles. The zero-order valence-corrected chi connectivity index (χ0v) is 11.5. The molecule has 0 aromatic heterocycles. The summed E-state index contributed by atoms with van der Waals surface area (Å²) in [5.74, 6) is -2.40. The van der Waals surface area contributed by atoms with Gasteiger partial charge < -0.3 is 5.32 Å². The van der Waals surface area contributed by atoms with E-state index in [1.165, 1.54) is 13.8 Å². The number of barbiturate groups is 1. The SMILES string of the molecule is CC(C)CNC(=O)C(C)N1C(=O)NC(=O)C(C)C1=O. The molecular formula is C12H19N3O4. The van der Waals surface area contributed by atoms with E-state index in [0.717, 1.165) is 4.90 Å². The largest absolute Gasteiger partial charge is 0.354 e. The van der Waals surface area contributed by atoms with Crippen molar-refractivity contribution in [3.8, 4) is 0 Å². The Morgan fingerprint density at radius 2 is 1.89 bits per heavy atom. The molecule has 0 bridgehead atoms. The molecule has 2 unspecified atom stereocenters. The maximum atomic E-state index is 11.9. The summed E-state index contributed by atoms with van der Waals surface area (Å²) < 4.78 is 0. The van der Waals surface area contributed by atoms with Gasteiger partial charge in [-0.1, -0.05) is 13.8 Å². The number of carbonyl (C=O) groups is 4. The molecule has 2 atom stereocenters. The first-order valence-corrected chi connectivity index (χ1v) is 6.21. The zero-order chi connectivity index (χ0) is 14.7. The lowest BCUT2D eigenvalue weighted by molar-refractivity contribution is -0.146. The van der Waals surface area contributed by atoms with E-state index in [-0.39, 0.29) is 5.92 Å². The van der Waals surface area contributed by atoms with E-state index in [1.807, 2.05) is 13.8 Å². The summed E-state index contributed by atoms with van der Waals surface area (Å²) in [5.41, 5.74) is 0. The van der Waals surface area contributed by atoms with Crippen molar-refractivity contribution in [2.75, 3.05) is 6.54 Å². The molecule has 1 heterocycles. The number of carbonyl (C=O) groups excluding carboxylic acids is 4. The van der Waals surface area contributed by atoms with E-state index in [9.17, 15) is 19.2 Å². The van der Waals surface area contributed by atoms with Crippen LogP contribution in [0.3, 0.4) is 0 Å². The van der Waals surface area contributed by atoms with Crippen LogP contribution in [0.1, 0.15) is 27.7 Å². The Morgan fingerprint density at radius 3 is 2.42 bits per heavy atom. The highest BCUT2D eigenvalue weighted by atomic mass is 16.2. The molecule has 0 aromatic rings. The van der Waals surface area contributed by atoms with Crippen molar-refractivity contribution in [3.05, 3.63) is 0 Å². The Kier molecular flexibility index (Phi) is 4.63. The third-order valence-corrected chi connectivity index (χ3v) is 2.90. The number of hydrogen-bond acceptors (Lipinski definition) is 4. The van der Waals surface area contributed by atoms with Gasteiger partial charge in [0, 0.05) is 6.54 Å². The molecular weight excluding hydrogens is 250 g/mol. The Morgan fingerprint density at radius 1 is 1.32 bits per heavy atom.